The minimum absolute atomic E-state index is 0.170. The second-order valence-electron chi connectivity index (χ2n) is 4.65. The van der Waals surface area contributed by atoms with Gasteiger partial charge in [-0.1, -0.05) is 30.3 Å². The molecule has 1 heterocycles. The molecule has 0 aliphatic rings. The average Bonchev–Trinajstić information content (AvgIpc) is 2.43. The molecule has 0 bridgehead atoms. The summed E-state index contributed by atoms with van der Waals surface area (Å²) >= 11 is 0. The third-order valence-corrected chi connectivity index (χ3v) is 3.34. The lowest BCUT2D eigenvalue weighted by Crippen LogP contribution is -2.00. The van der Waals surface area contributed by atoms with Crippen LogP contribution >= 0.6 is 0 Å². The third kappa shape index (κ3) is 1.90. The minimum Gasteiger partial charge on any atom is -0.398 e. The van der Waals surface area contributed by atoms with E-state index in [-0.39, 0.29) is 10.9 Å². The molecule has 2 aromatic carbocycles. The Morgan fingerprint density at radius 1 is 1.05 bits per heavy atom. The zero-order chi connectivity index (χ0) is 14.3. The quantitative estimate of drug-likeness (QED) is 0.724. The number of halogens is 2. The van der Waals surface area contributed by atoms with Gasteiger partial charge >= 0.3 is 0 Å². The standard InChI is InChI=1S/C16H12F2N2/c1-9-15(19)14-12(18)7-11(17)8-13(14)20-16(9)10-5-3-2-4-6-10/h2-8H,1H3,(H2,19,20). The van der Waals surface area contributed by atoms with E-state index in [2.05, 4.69) is 4.98 Å². The maximum atomic E-state index is 13.9. The summed E-state index contributed by atoms with van der Waals surface area (Å²) in [4.78, 5) is 4.37. The highest BCUT2D eigenvalue weighted by atomic mass is 19.1. The fourth-order valence-corrected chi connectivity index (χ4v) is 2.31. The number of benzene rings is 2. The van der Waals surface area contributed by atoms with Crippen LogP contribution in [0.3, 0.4) is 0 Å². The summed E-state index contributed by atoms with van der Waals surface area (Å²) in [5, 5.41) is 0.170. The van der Waals surface area contributed by atoms with E-state index in [0.717, 1.165) is 11.6 Å². The van der Waals surface area contributed by atoms with Gasteiger partial charge in [-0.2, -0.15) is 0 Å². The van der Waals surface area contributed by atoms with Crippen LogP contribution in [0.5, 0.6) is 0 Å². The number of fused-ring (bicyclic) bond motifs is 1. The number of aromatic nitrogens is 1. The van der Waals surface area contributed by atoms with Gasteiger partial charge in [-0.25, -0.2) is 13.8 Å². The van der Waals surface area contributed by atoms with Gasteiger partial charge in [-0.3, -0.25) is 0 Å². The highest BCUT2D eigenvalue weighted by Gasteiger charge is 2.15. The molecule has 100 valence electrons. The van der Waals surface area contributed by atoms with Crippen molar-refractivity contribution in [1.82, 2.24) is 4.98 Å². The van der Waals surface area contributed by atoms with Crippen LogP contribution in [0.25, 0.3) is 22.2 Å². The summed E-state index contributed by atoms with van der Waals surface area (Å²) in [5.74, 6) is -1.35. The van der Waals surface area contributed by atoms with Crippen molar-refractivity contribution in [2.75, 3.05) is 5.73 Å². The lowest BCUT2D eigenvalue weighted by molar-refractivity contribution is 0.592. The van der Waals surface area contributed by atoms with Crippen LogP contribution in [0.4, 0.5) is 14.5 Å². The molecular formula is C16H12F2N2. The third-order valence-electron chi connectivity index (χ3n) is 3.34. The monoisotopic (exact) mass is 270 g/mol. The van der Waals surface area contributed by atoms with Gasteiger partial charge in [0.1, 0.15) is 11.6 Å². The number of pyridine rings is 1. The zero-order valence-electron chi connectivity index (χ0n) is 10.8. The van der Waals surface area contributed by atoms with E-state index in [1.165, 1.54) is 6.07 Å². The highest BCUT2D eigenvalue weighted by Crippen LogP contribution is 2.32. The fourth-order valence-electron chi connectivity index (χ4n) is 2.31. The number of anilines is 1. The molecule has 3 aromatic rings. The molecule has 0 aliphatic carbocycles. The van der Waals surface area contributed by atoms with Crippen LogP contribution in [0.15, 0.2) is 42.5 Å². The number of nitrogens with two attached hydrogens (primary N) is 1. The lowest BCUT2D eigenvalue weighted by atomic mass is 10.0. The van der Waals surface area contributed by atoms with E-state index in [1.54, 1.807) is 6.92 Å². The molecule has 4 heteroatoms. The Morgan fingerprint density at radius 2 is 1.75 bits per heavy atom. The Bertz CT molecular complexity index is 799. The first-order valence-electron chi connectivity index (χ1n) is 6.18. The van der Waals surface area contributed by atoms with Crippen molar-refractivity contribution in [3.05, 3.63) is 59.7 Å². The van der Waals surface area contributed by atoms with Gasteiger partial charge in [-0.15, -0.1) is 0 Å². The van der Waals surface area contributed by atoms with Crippen LogP contribution in [-0.4, -0.2) is 4.98 Å². The number of hydrogen-bond donors (Lipinski definition) is 1. The van der Waals surface area contributed by atoms with Crippen LogP contribution in [0, 0.1) is 18.6 Å². The molecule has 2 N–H and O–H groups in total. The van der Waals surface area contributed by atoms with Crippen molar-refractivity contribution in [3.8, 4) is 11.3 Å². The van der Waals surface area contributed by atoms with E-state index < -0.39 is 11.6 Å². The number of rotatable bonds is 1. The first kappa shape index (κ1) is 12.5. The van der Waals surface area contributed by atoms with Gasteiger partial charge in [0, 0.05) is 23.4 Å². The lowest BCUT2D eigenvalue weighted by Gasteiger charge is -2.12. The van der Waals surface area contributed by atoms with Crippen molar-refractivity contribution < 1.29 is 8.78 Å². The molecule has 0 atom stereocenters. The highest BCUT2D eigenvalue weighted by molar-refractivity contribution is 5.95. The van der Waals surface area contributed by atoms with E-state index in [1.807, 2.05) is 30.3 Å². The molecular weight excluding hydrogens is 258 g/mol. The van der Waals surface area contributed by atoms with Crippen LogP contribution in [-0.2, 0) is 0 Å². The minimum atomic E-state index is -0.687. The van der Waals surface area contributed by atoms with Crippen molar-refractivity contribution in [2.24, 2.45) is 0 Å². The predicted octanol–water partition coefficient (Wildman–Crippen LogP) is 4.07. The number of nitrogen functional groups attached to an aromatic ring is 1. The molecule has 2 nitrogen and oxygen atoms in total. The van der Waals surface area contributed by atoms with Gasteiger partial charge in [0.2, 0.25) is 0 Å². The summed E-state index contributed by atoms with van der Waals surface area (Å²) in [6.07, 6.45) is 0. The van der Waals surface area contributed by atoms with Crippen molar-refractivity contribution in [2.45, 2.75) is 6.92 Å². The summed E-state index contributed by atoms with van der Waals surface area (Å²) in [7, 11) is 0. The largest absolute Gasteiger partial charge is 0.398 e. The Kier molecular flexibility index (Phi) is 2.86. The smallest absolute Gasteiger partial charge is 0.137 e. The summed E-state index contributed by atoms with van der Waals surface area (Å²) < 4.78 is 27.2. The SMILES string of the molecule is Cc1c(-c2ccccc2)nc2cc(F)cc(F)c2c1N. The molecule has 20 heavy (non-hydrogen) atoms. The normalized spacial score (nSPS) is 10.9. The van der Waals surface area contributed by atoms with Gasteiger partial charge in [0.25, 0.3) is 0 Å². The Hall–Kier alpha value is -2.49. The molecule has 0 radical (unpaired) electrons. The average molecular weight is 270 g/mol. The molecule has 0 aliphatic heterocycles. The Labute approximate surface area is 114 Å². The first-order chi connectivity index (χ1) is 9.58. The van der Waals surface area contributed by atoms with Crippen LogP contribution < -0.4 is 5.73 Å². The van der Waals surface area contributed by atoms with Crippen molar-refractivity contribution >= 4 is 16.6 Å². The second kappa shape index (κ2) is 4.56. The van der Waals surface area contributed by atoms with Crippen molar-refractivity contribution in [3.63, 3.8) is 0 Å². The van der Waals surface area contributed by atoms with E-state index in [0.29, 0.717) is 16.9 Å². The molecule has 1 aromatic heterocycles. The summed E-state index contributed by atoms with van der Waals surface area (Å²) in [6.45, 7) is 1.78. The molecule has 3 rings (SSSR count). The predicted molar refractivity (Wildman–Crippen MR) is 76.2 cm³/mol. The number of nitrogens with zero attached hydrogens (tertiary/aromatic N) is 1. The van der Waals surface area contributed by atoms with Gasteiger partial charge in [0.15, 0.2) is 0 Å². The van der Waals surface area contributed by atoms with E-state index >= 15 is 0 Å². The van der Waals surface area contributed by atoms with Gasteiger partial charge in [0.05, 0.1) is 16.6 Å². The first-order valence-corrected chi connectivity index (χ1v) is 6.18. The Morgan fingerprint density at radius 3 is 2.45 bits per heavy atom. The van der Waals surface area contributed by atoms with Gasteiger partial charge in [-0.05, 0) is 12.5 Å². The molecule has 0 amide bonds. The second-order valence-corrected chi connectivity index (χ2v) is 4.65. The van der Waals surface area contributed by atoms with Crippen LogP contribution in [0.1, 0.15) is 5.56 Å². The maximum Gasteiger partial charge on any atom is 0.137 e. The molecule has 0 saturated heterocycles. The Balaban J connectivity index is 2.39. The topological polar surface area (TPSA) is 38.9 Å². The maximum absolute atomic E-state index is 13.9. The van der Waals surface area contributed by atoms with E-state index in [9.17, 15) is 8.78 Å². The molecule has 0 spiro atoms. The van der Waals surface area contributed by atoms with E-state index in [4.69, 9.17) is 5.73 Å². The molecule has 0 fully saturated rings. The molecule has 0 unspecified atom stereocenters. The van der Waals surface area contributed by atoms with Gasteiger partial charge < -0.3 is 5.73 Å². The number of hydrogen-bond acceptors (Lipinski definition) is 2. The summed E-state index contributed by atoms with van der Waals surface area (Å²) in [6, 6.07) is 11.4. The summed E-state index contributed by atoms with van der Waals surface area (Å²) in [5.41, 5.74) is 8.72. The van der Waals surface area contributed by atoms with Crippen LogP contribution in [0.2, 0.25) is 0 Å². The van der Waals surface area contributed by atoms with Crippen molar-refractivity contribution in [1.29, 1.82) is 0 Å². The zero-order valence-corrected chi connectivity index (χ0v) is 10.8. The fraction of sp³-hybridized carbons (Fsp3) is 0.0625. The molecule has 0 saturated carbocycles.